The highest BCUT2D eigenvalue weighted by molar-refractivity contribution is 7.17. The molecule has 0 radical (unpaired) electrons. The van der Waals surface area contributed by atoms with E-state index in [-0.39, 0.29) is 11.4 Å². The molecule has 32 heavy (non-hydrogen) atoms. The monoisotopic (exact) mass is 443 g/mol. The Morgan fingerprint density at radius 3 is 2.69 bits per heavy atom. The second kappa shape index (κ2) is 8.07. The van der Waals surface area contributed by atoms with Crippen molar-refractivity contribution in [2.24, 2.45) is 5.73 Å². The van der Waals surface area contributed by atoms with Crippen LogP contribution in [0.15, 0.2) is 72.6 Å². The number of carbonyl (C=O) groups is 1. The molecule has 0 unspecified atom stereocenters. The fraction of sp³-hybridized carbons (Fsp3) is 0.125. The molecule has 1 saturated carbocycles. The lowest BCUT2D eigenvalue weighted by atomic mass is 10.1. The minimum absolute atomic E-state index is 0.161. The Labute approximate surface area is 189 Å². The number of thiophene rings is 1. The van der Waals surface area contributed by atoms with Gasteiger partial charge in [-0.1, -0.05) is 24.8 Å². The molecule has 2 heterocycles. The number of benzene rings is 2. The molecular formula is C24H21N5O2S. The van der Waals surface area contributed by atoms with Crippen LogP contribution in [-0.4, -0.2) is 15.9 Å². The summed E-state index contributed by atoms with van der Waals surface area (Å²) in [5, 5.41) is 7.92. The molecule has 160 valence electrons. The lowest BCUT2D eigenvalue weighted by Gasteiger charge is -2.12. The number of anilines is 3. The van der Waals surface area contributed by atoms with Gasteiger partial charge in [-0.2, -0.15) is 4.98 Å². The van der Waals surface area contributed by atoms with Crippen molar-refractivity contribution >= 4 is 44.8 Å². The minimum Gasteiger partial charge on any atom is -0.437 e. The van der Waals surface area contributed by atoms with Gasteiger partial charge in [-0.25, -0.2) is 4.98 Å². The average molecular weight is 444 g/mol. The predicted octanol–water partition coefficient (Wildman–Crippen LogP) is 5.30. The van der Waals surface area contributed by atoms with E-state index in [1.165, 1.54) is 17.4 Å². The third-order valence-corrected chi connectivity index (χ3v) is 6.17. The quantitative estimate of drug-likeness (QED) is 0.335. The van der Waals surface area contributed by atoms with Gasteiger partial charge in [0.05, 0.1) is 5.52 Å². The zero-order valence-electron chi connectivity index (χ0n) is 17.2. The van der Waals surface area contributed by atoms with Crippen LogP contribution < -0.4 is 21.1 Å². The third kappa shape index (κ3) is 4.18. The first-order valence-electron chi connectivity index (χ1n) is 10.2. The summed E-state index contributed by atoms with van der Waals surface area (Å²) in [5.74, 6) is 1.14. The van der Waals surface area contributed by atoms with E-state index in [0.29, 0.717) is 23.3 Å². The standard InChI is InChI=1S/C24H21N5O2S/c1-2-20(30)26-17-4-3-5-18(14-17)31-22-21-19(10-13-32-21)28-23(29-22)27-16-8-6-15(7-9-16)24(25)11-12-24/h2-10,13-14H,1,11-12,25H2,(H,26,30)(H,27,28,29). The van der Waals surface area contributed by atoms with Crippen LogP contribution in [0.3, 0.4) is 0 Å². The maximum atomic E-state index is 11.6. The zero-order valence-corrected chi connectivity index (χ0v) is 18.0. The second-order valence-electron chi connectivity index (χ2n) is 7.67. The fourth-order valence-electron chi connectivity index (χ4n) is 3.34. The van der Waals surface area contributed by atoms with Crippen molar-refractivity contribution in [2.75, 3.05) is 10.6 Å². The normalized spacial score (nSPS) is 14.0. The molecule has 0 bridgehead atoms. The second-order valence-corrected chi connectivity index (χ2v) is 8.59. The summed E-state index contributed by atoms with van der Waals surface area (Å²) in [5.41, 5.74) is 9.51. The van der Waals surface area contributed by atoms with Gasteiger partial charge in [0, 0.05) is 23.0 Å². The number of rotatable bonds is 7. The van der Waals surface area contributed by atoms with Gasteiger partial charge in [0.2, 0.25) is 17.7 Å². The number of hydrogen-bond acceptors (Lipinski definition) is 7. The van der Waals surface area contributed by atoms with E-state index in [1.54, 1.807) is 24.3 Å². The van der Waals surface area contributed by atoms with Crippen LogP contribution in [0.5, 0.6) is 11.6 Å². The van der Waals surface area contributed by atoms with E-state index >= 15 is 0 Å². The van der Waals surface area contributed by atoms with E-state index in [2.05, 4.69) is 27.2 Å². The zero-order chi connectivity index (χ0) is 22.1. The van der Waals surface area contributed by atoms with Gasteiger partial charge in [-0.15, -0.1) is 11.3 Å². The Bertz CT molecular complexity index is 1310. The van der Waals surface area contributed by atoms with Crippen molar-refractivity contribution < 1.29 is 9.53 Å². The van der Waals surface area contributed by atoms with Crippen molar-refractivity contribution in [2.45, 2.75) is 18.4 Å². The average Bonchev–Trinajstić information content (AvgIpc) is 3.36. The highest BCUT2D eigenvalue weighted by Gasteiger charge is 2.39. The van der Waals surface area contributed by atoms with Crippen LogP contribution in [0.25, 0.3) is 10.2 Å². The number of nitrogens with zero attached hydrogens (tertiary/aromatic N) is 2. The number of amides is 1. The first-order valence-corrected chi connectivity index (χ1v) is 11.0. The van der Waals surface area contributed by atoms with Gasteiger partial charge >= 0.3 is 0 Å². The molecule has 7 nitrogen and oxygen atoms in total. The van der Waals surface area contributed by atoms with Gasteiger partial charge in [-0.3, -0.25) is 4.79 Å². The van der Waals surface area contributed by atoms with Crippen LogP contribution in [0.2, 0.25) is 0 Å². The predicted molar refractivity (Wildman–Crippen MR) is 128 cm³/mol. The molecule has 0 atom stereocenters. The van der Waals surface area contributed by atoms with Gasteiger partial charge in [0.1, 0.15) is 10.4 Å². The summed E-state index contributed by atoms with van der Waals surface area (Å²) in [6.07, 6.45) is 3.27. The maximum absolute atomic E-state index is 11.6. The Morgan fingerprint density at radius 2 is 1.94 bits per heavy atom. The van der Waals surface area contributed by atoms with Crippen molar-refractivity contribution in [3.63, 3.8) is 0 Å². The maximum Gasteiger partial charge on any atom is 0.247 e. The summed E-state index contributed by atoms with van der Waals surface area (Å²) >= 11 is 1.50. The van der Waals surface area contributed by atoms with Gasteiger partial charge < -0.3 is 21.1 Å². The first-order chi connectivity index (χ1) is 15.5. The number of carbonyl (C=O) groups excluding carboxylic acids is 1. The summed E-state index contributed by atoms with van der Waals surface area (Å²) in [6, 6.07) is 17.1. The summed E-state index contributed by atoms with van der Waals surface area (Å²) in [6.45, 7) is 3.47. The van der Waals surface area contributed by atoms with Crippen LogP contribution in [-0.2, 0) is 10.3 Å². The topological polar surface area (TPSA) is 102 Å². The van der Waals surface area contributed by atoms with Crippen molar-refractivity contribution in [3.8, 4) is 11.6 Å². The molecule has 4 N–H and O–H groups in total. The summed E-state index contributed by atoms with van der Waals surface area (Å²) in [7, 11) is 0. The van der Waals surface area contributed by atoms with Gasteiger partial charge in [0.25, 0.3) is 0 Å². The largest absolute Gasteiger partial charge is 0.437 e. The molecule has 5 rings (SSSR count). The number of nitrogens with two attached hydrogens (primary N) is 1. The number of nitrogens with one attached hydrogen (secondary N) is 2. The van der Waals surface area contributed by atoms with E-state index in [9.17, 15) is 4.79 Å². The Hall–Kier alpha value is -3.75. The molecule has 1 fully saturated rings. The van der Waals surface area contributed by atoms with E-state index in [4.69, 9.17) is 10.5 Å². The Balaban J connectivity index is 1.40. The van der Waals surface area contributed by atoms with Crippen LogP contribution in [0.1, 0.15) is 18.4 Å². The van der Waals surface area contributed by atoms with Crippen molar-refractivity contribution in [1.29, 1.82) is 0 Å². The lowest BCUT2D eigenvalue weighted by molar-refractivity contribution is -0.111. The first kappa shape index (κ1) is 20.2. The van der Waals surface area contributed by atoms with E-state index in [0.717, 1.165) is 34.3 Å². The third-order valence-electron chi connectivity index (χ3n) is 5.28. The molecule has 8 heteroatoms. The molecule has 2 aromatic carbocycles. The molecule has 1 amide bonds. The van der Waals surface area contributed by atoms with Crippen molar-refractivity contribution in [1.82, 2.24) is 9.97 Å². The van der Waals surface area contributed by atoms with Crippen molar-refractivity contribution in [3.05, 3.63) is 78.2 Å². The summed E-state index contributed by atoms with van der Waals surface area (Å²) < 4.78 is 6.92. The molecule has 1 aliphatic rings. The van der Waals surface area contributed by atoms with Crippen LogP contribution >= 0.6 is 11.3 Å². The molecule has 1 aliphatic carbocycles. The number of aromatic nitrogens is 2. The molecular weight excluding hydrogens is 422 g/mol. The highest BCUT2D eigenvalue weighted by atomic mass is 32.1. The van der Waals surface area contributed by atoms with Gasteiger partial charge in [0.15, 0.2) is 0 Å². The molecule has 0 saturated heterocycles. The number of ether oxygens (including phenoxy) is 1. The Morgan fingerprint density at radius 1 is 1.12 bits per heavy atom. The SMILES string of the molecule is C=CC(=O)Nc1cccc(Oc2nc(Nc3ccc(C4(N)CC4)cc3)nc3ccsc23)c1. The van der Waals surface area contributed by atoms with E-state index in [1.807, 2.05) is 35.7 Å². The fourth-order valence-corrected chi connectivity index (χ4v) is 4.10. The number of fused-ring (bicyclic) bond motifs is 1. The minimum atomic E-state index is -0.287. The highest BCUT2D eigenvalue weighted by Crippen LogP contribution is 2.43. The Kier molecular flexibility index (Phi) is 5.08. The van der Waals surface area contributed by atoms with Crippen LogP contribution in [0.4, 0.5) is 17.3 Å². The van der Waals surface area contributed by atoms with E-state index < -0.39 is 0 Å². The smallest absolute Gasteiger partial charge is 0.247 e. The van der Waals surface area contributed by atoms with Crippen LogP contribution in [0, 0.1) is 0 Å². The molecule has 0 aliphatic heterocycles. The summed E-state index contributed by atoms with van der Waals surface area (Å²) in [4.78, 5) is 20.8. The molecule has 0 spiro atoms. The lowest BCUT2D eigenvalue weighted by Crippen LogP contribution is -2.18. The number of hydrogen-bond donors (Lipinski definition) is 3. The molecule has 2 aromatic heterocycles. The molecule has 4 aromatic rings. The van der Waals surface area contributed by atoms with Gasteiger partial charge in [-0.05, 0) is 60.2 Å².